The average molecular weight is 346 g/mol. The zero-order valence-electron chi connectivity index (χ0n) is 15.5. The lowest BCUT2D eigenvalue weighted by atomic mass is 9.69. The highest BCUT2D eigenvalue weighted by Crippen LogP contribution is 2.41. The van der Waals surface area contributed by atoms with E-state index < -0.39 is 5.41 Å². The van der Waals surface area contributed by atoms with Gasteiger partial charge in [-0.3, -0.25) is 14.5 Å². The Kier molecular flexibility index (Phi) is 5.30. The summed E-state index contributed by atoms with van der Waals surface area (Å²) in [6.45, 7) is 2.36. The van der Waals surface area contributed by atoms with Crippen LogP contribution in [0.1, 0.15) is 58.3 Å². The van der Waals surface area contributed by atoms with Crippen molar-refractivity contribution in [3.63, 3.8) is 0 Å². The van der Waals surface area contributed by atoms with Gasteiger partial charge in [0.1, 0.15) is 0 Å². The van der Waals surface area contributed by atoms with E-state index in [2.05, 4.69) is 12.2 Å². The highest BCUT2D eigenvalue weighted by Gasteiger charge is 2.50. The summed E-state index contributed by atoms with van der Waals surface area (Å²) in [5, 5.41) is 0. The van der Waals surface area contributed by atoms with E-state index in [1.807, 2.05) is 6.92 Å². The molecule has 1 heterocycles. The summed E-state index contributed by atoms with van der Waals surface area (Å²) in [6.07, 6.45) is 12.2. The molecule has 0 aromatic carbocycles. The lowest BCUT2D eigenvalue weighted by Gasteiger charge is -2.47. The van der Waals surface area contributed by atoms with E-state index in [4.69, 9.17) is 0 Å². The molecule has 3 rings (SSSR count). The largest absolute Gasteiger partial charge is 0.326 e. The number of urea groups is 1. The Labute approximate surface area is 150 Å². The summed E-state index contributed by atoms with van der Waals surface area (Å²) in [5.74, 6) is 0.154. The predicted molar refractivity (Wildman–Crippen MR) is 95.9 cm³/mol. The van der Waals surface area contributed by atoms with E-state index in [0.29, 0.717) is 6.54 Å². The first kappa shape index (κ1) is 18.2. The van der Waals surface area contributed by atoms with Gasteiger partial charge in [-0.2, -0.15) is 0 Å². The Balaban J connectivity index is 1.76. The van der Waals surface area contributed by atoms with Crippen LogP contribution in [0.25, 0.3) is 0 Å². The molecule has 2 aliphatic carbocycles. The van der Waals surface area contributed by atoms with Gasteiger partial charge in [-0.05, 0) is 44.9 Å². The Morgan fingerprint density at radius 1 is 1.16 bits per heavy atom. The number of rotatable bonds is 4. The minimum absolute atomic E-state index is 0.0189. The summed E-state index contributed by atoms with van der Waals surface area (Å²) in [6, 6.07) is -0.321. The van der Waals surface area contributed by atoms with E-state index >= 15 is 0 Å². The molecule has 1 aliphatic heterocycles. The van der Waals surface area contributed by atoms with Crippen LogP contribution >= 0.6 is 0 Å². The minimum atomic E-state index is -0.597. The second-order valence-electron chi connectivity index (χ2n) is 8.23. The molecule has 5 heteroatoms. The molecule has 0 bridgehead atoms. The van der Waals surface area contributed by atoms with Gasteiger partial charge in [0.15, 0.2) is 5.78 Å². The number of carbonyl (C=O) groups excluding carboxylic acids is 3. The van der Waals surface area contributed by atoms with Crippen molar-refractivity contribution >= 4 is 17.7 Å². The molecular formula is C20H30N2O3. The van der Waals surface area contributed by atoms with Crippen LogP contribution in [-0.4, -0.2) is 47.7 Å². The first-order chi connectivity index (χ1) is 11.9. The van der Waals surface area contributed by atoms with Gasteiger partial charge >= 0.3 is 6.03 Å². The average Bonchev–Trinajstić information content (AvgIpc) is 2.65. The summed E-state index contributed by atoms with van der Waals surface area (Å²) in [4.78, 5) is 41.3. The lowest BCUT2D eigenvalue weighted by molar-refractivity contribution is -0.149. The van der Waals surface area contributed by atoms with Crippen LogP contribution in [0.5, 0.6) is 0 Å². The zero-order valence-corrected chi connectivity index (χ0v) is 15.5. The molecule has 25 heavy (non-hydrogen) atoms. The molecule has 3 aliphatic rings. The van der Waals surface area contributed by atoms with Gasteiger partial charge in [0, 0.05) is 19.5 Å². The Morgan fingerprint density at radius 2 is 1.88 bits per heavy atom. The number of amides is 3. The first-order valence-electron chi connectivity index (χ1n) is 9.68. The summed E-state index contributed by atoms with van der Waals surface area (Å²) in [5.41, 5.74) is -0.597. The molecule has 2 unspecified atom stereocenters. The quantitative estimate of drug-likeness (QED) is 0.733. The molecular weight excluding hydrogens is 316 g/mol. The molecule has 0 aromatic heterocycles. The summed E-state index contributed by atoms with van der Waals surface area (Å²) in [7, 11) is 1.74. The molecule has 0 radical (unpaired) electrons. The van der Waals surface area contributed by atoms with Gasteiger partial charge in [0.2, 0.25) is 5.91 Å². The normalized spacial score (nSPS) is 31.5. The Bertz CT molecular complexity index is 579. The van der Waals surface area contributed by atoms with Crippen molar-refractivity contribution < 1.29 is 14.4 Å². The van der Waals surface area contributed by atoms with E-state index in [9.17, 15) is 14.4 Å². The molecule has 138 valence electrons. The Morgan fingerprint density at radius 3 is 2.52 bits per heavy atom. The number of allylic oxidation sites excluding steroid dienone is 2. The van der Waals surface area contributed by atoms with Crippen LogP contribution < -0.4 is 0 Å². The van der Waals surface area contributed by atoms with E-state index in [1.54, 1.807) is 11.9 Å². The highest BCUT2D eigenvalue weighted by molar-refractivity contribution is 6.03. The first-order valence-corrected chi connectivity index (χ1v) is 9.68. The predicted octanol–water partition coefficient (Wildman–Crippen LogP) is 3.39. The van der Waals surface area contributed by atoms with Crippen LogP contribution in [0.4, 0.5) is 4.79 Å². The molecule has 1 saturated heterocycles. The molecule has 0 aromatic rings. The topological polar surface area (TPSA) is 57.7 Å². The van der Waals surface area contributed by atoms with Gasteiger partial charge in [-0.1, -0.05) is 31.4 Å². The maximum absolute atomic E-state index is 13.2. The molecule has 1 saturated carbocycles. The van der Waals surface area contributed by atoms with Gasteiger partial charge < -0.3 is 4.90 Å². The van der Waals surface area contributed by atoms with E-state index in [0.717, 1.165) is 44.9 Å². The fraction of sp³-hybridized carbons (Fsp3) is 0.750. The van der Waals surface area contributed by atoms with Crippen molar-refractivity contribution in [2.75, 3.05) is 20.1 Å². The fourth-order valence-electron chi connectivity index (χ4n) is 4.75. The highest BCUT2D eigenvalue weighted by atomic mass is 16.2. The smallest absolute Gasteiger partial charge is 0.326 e. The minimum Gasteiger partial charge on any atom is -0.326 e. The second kappa shape index (κ2) is 7.30. The number of imide groups is 1. The van der Waals surface area contributed by atoms with Crippen LogP contribution in [-0.2, 0) is 9.59 Å². The lowest BCUT2D eigenvalue weighted by Crippen LogP contribution is -2.63. The molecule has 0 N–H and O–H groups in total. The third kappa shape index (κ3) is 3.51. The maximum Gasteiger partial charge on any atom is 0.326 e. The zero-order chi connectivity index (χ0) is 18.0. The van der Waals surface area contributed by atoms with Gasteiger partial charge in [-0.25, -0.2) is 4.79 Å². The van der Waals surface area contributed by atoms with Crippen LogP contribution in [0.15, 0.2) is 12.2 Å². The standard InChI is InChI=1S/C20H30N2O3/c1-20(16-11-7-4-8-12-16)14-21(2)19(25)22(18(20)24)13-17(23)15-9-5-3-6-10-15/h4,7,15-16H,3,5-6,8-14H2,1-2H3. The number of nitrogens with zero attached hydrogens (tertiary/aromatic N) is 2. The number of Topliss-reactive ketones (excluding diaryl/α,β-unsaturated/α-hetero) is 1. The SMILES string of the molecule is CN1CC(C)(C2CC=CCC2)C(=O)N(CC(=O)C2CCCCC2)C1=O. The summed E-state index contributed by atoms with van der Waals surface area (Å²) < 4.78 is 0. The number of hydrogen-bond donors (Lipinski definition) is 0. The van der Waals surface area contributed by atoms with Gasteiger partial charge in [0.05, 0.1) is 12.0 Å². The van der Waals surface area contributed by atoms with Gasteiger partial charge in [-0.15, -0.1) is 0 Å². The van der Waals surface area contributed by atoms with Crippen molar-refractivity contribution in [2.24, 2.45) is 17.3 Å². The van der Waals surface area contributed by atoms with Crippen molar-refractivity contribution in [2.45, 2.75) is 58.3 Å². The molecule has 2 fully saturated rings. The summed E-state index contributed by atoms with van der Waals surface area (Å²) >= 11 is 0. The number of ketones is 1. The maximum atomic E-state index is 13.2. The Hall–Kier alpha value is -1.65. The van der Waals surface area contributed by atoms with E-state index in [-0.39, 0.29) is 36.1 Å². The third-order valence-corrected chi connectivity index (χ3v) is 6.40. The van der Waals surface area contributed by atoms with Crippen molar-refractivity contribution in [3.8, 4) is 0 Å². The van der Waals surface area contributed by atoms with Crippen molar-refractivity contribution in [3.05, 3.63) is 12.2 Å². The number of carbonyl (C=O) groups is 3. The van der Waals surface area contributed by atoms with E-state index in [1.165, 1.54) is 11.3 Å². The van der Waals surface area contributed by atoms with Crippen molar-refractivity contribution in [1.29, 1.82) is 0 Å². The molecule has 2 atom stereocenters. The van der Waals surface area contributed by atoms with Crippen LogP contribution in [0, 0.1) is 17.3 Å². The second-order valence-corrected chi connectivity index (χ2v) is 8.23. The van der Waals surface area contributed by atoms with Crippen LogP contribution in [0.3, 0.4) is 0 Å². The third-order valence-electron chi connectivity index (χ3n) is 6.40. The number of hydrogen-bond acceptors (Lipinski definition) is 3. The molecule has 3 amide bonds. The molecule has 5 nitrogen and oxygen atoms in total. The van der Waals surface area contributed by atoms with Gasteiger partial charge in [0.25, 0.3) is 0 Å². The van der Waals surface area contributed by atoms with Crippen LogP contribution in [0.2, 0.25) is 0 Å². The van der Waals surface area contributed by atoms with Crippen molar-refractivity contribution in [1.82, 2.24) is 9.80 Å². The fourth-order valence-corrected chi connectivity index (χ4v) is 4.75. The molecule has 0 spiro atoms. The monoisotopic (exact) mass is 346 g/mol.